The van der Waals surface area contributed by atoms with Crippen LogP contribution in [0.5, 0.6) is 11.5 Å². The van der Waals surface area contributed by atoms with Gasteiger partial charge in [0, 0.05) is 0 Å². The van der Waals surface area contributed by atoms with Gasteiger partial charge in [-0.3, -0.25) is 20.2 Å². The molecule has 23 heavy (non-hydrogen) atoms. The molecule has 2 aromatic rings. The number of nitrogens with one attached hydrogen (secondary N) is 1. The Morgan fingerprint density at radius 1 is 1.35 bits per heavy atom. The van der Waals surface area contributed by atoms with Crippen molar-refractivity contribution in [1.29, 1.82) is 0 Å². The highest BCUT2D eigenvalue weighted by molar-refractivity contribution is 5.91. The molecule has 1 aromatic carbocycles. The van der Waals surface area contributed by atoms with E-state index >= 15 is 0 Å². The molecule has 120 valence electrons. The summed E-state index contributed by atoms with van der Waals surface area (Å²) >= 11 is 0. The maximum absolute atomic E-state index is 11.8. The molecule has 10 heteroatoms. The van der Waals surface area contributed by atoms with Gasteiger partial charge in [-0.2, -0.15) is 10.1 Å². The van der Waals surface area contributed by atoms with E-state index in [-0.39, 0.29) is 29.7 Å². The first-order chi connectivity index (χ1) is 11.0. The third kappa shape index (κ3) is 2.43. The summed E-state index contributed by atoms with van der Waals surface area (Å²) < 4.78 is 11.7. The molecule has 1 aliphatic heterocycles. The van der Waals surface area contributed by atoms with Gasteiger partial charge in [0.25, 0.3) is 5.69 Å². The number of aromatic nitrogens is 3. The minimum Gasteiger partial charge on any atom is -0.493 e. The Labute approximate surface area is 130 Å². The van der Waals surface area contributed by atoms with Crippen molar-refractivity contribution in [3.63, 3.8) is 0 Å². The summed E-state index contributed by atoms with van der Waals surface area (Å²) in [5.41, 5.74) is 0.123. The van der Waals surface area contributed by atoms with Gasteiger partial charge < -0.3 is 9.47 Å². The molecule has 0 unspecified atom stereocenters. The first-order valence-electron chi connectivity index (χ1n) is 6.64. The number of carbonyl (C=O) groups excluding carboxylic acids is 1. The zero-order valence-corrected chi connectivity index (χ0v) is 12.3. The van der Waals surface area contributed by atoms with Crippen molar-refractivity contribution in [3.8, 4) is 11.5 Å². The van der Waals surface area contributed by atoms with Crippen molar-refractivity contribution in [2.75, 3.05) is 19.5 Å². The topological polar surface area (TPSA) is 121 Å². The summed E-state index contributed by atoms with van der Waals surface area (Å²) in [7, 11) is 2.83. The lowest BCUT2D eigenvalue weighted by molar-refractivity contribution is -0.385. The van der Waals surface area contributed by atoms with Crippen LogP contribution in [0.3, 0.4) is 0 Å². The van der Waals surface area contributed by atoms with Crippen molar-refractivity contribution < 1.29 is 19.2 Å². The Morgan fingerprint density at radius 2 is 2.04 bits per heavy atom. The van der Waals surface area contributed by atoms with Crippen molar-refractivity contribution in [3.05, 3.63) is 34.1 Å². The molecule has 0 radical (unpaired) electrons. The van der Waals surface area contributed by atoms with Crippen LogP contribution in [0.4, 0.5) is 11.6 Å². The van der Waals surface area contributed by atoms with Crippen LogP contribution in [0.15, 0.2) is 18.5 Å². The van der Waals surface area contributed by atoms with Crippen molar-refractivity contribution in [2.24, 2.45) is 0 Å². The number of hydrogen-bond acceptors (Lipinski definition) is 7. The molecule has 0 aliphatic carbocycles. The monoisotopic (exact) mass is 319 g/mol. The number of rotatable bonds is 4. The normalized spacial score (nSPS) is 16.4. The molecule has 0 saturated carbocycles. The fourth-order valence-electron chi connectivity index (χ4n) is 2.56. The lowest BCUT2D eigenvalue weighted by Gasteiger charge is -2.24. The molecular formula is C13H13N5O5. The van der Waals surface area contributed by atoms with Gasteiger partial charge in [0.2, 0.25) is 11.9 Å². The van der Waals surface area contributed by atoms with Gasteiger partial charge in [-0.1, -0.05) is 0 Å². The Morgan fingerprint density at radius 3 is 2.70 bits per heavy atom. The maximum Gasteiger partial charge on any atom is 0.278 e. The van der Waals surface area contributed by atoms with Crippen LogP contribution in [0.25, 0.3) is 0 Å². The number of amides is 1. The minimum absolute atomic E-state index is 0.00663. The van der Waals surface area contributed by atoms with Crippen molar-refractivity contribution in [1.82, 2.24) is 14.8 Å². The molecule has 3 rings (SSSR count). The lowest BCUT2D eigenvalue weighted by atomic mass is 9.99. The largest absolute Gasteiger partial charge is 0.493 e. The number of hydrogen-bond donors (Lipinski definition) is 1. The van der Waals surface area contributed by atoms with E-state index in [4.69, 9.17) is 9.47 Å². The molecule has 0 fully saturated rings. The second-order valence-corrected chi connectivity index (χ2v) is 4.82. The molecule has 0 bridgehead atoms. The summed E-state index contributed by atoms with van der Waals surface area (Å²) in [4.78, 5) is 26.7. The number of carbonyl (C=O) groups is 1. The van der Waals surface area contributed by atoms with Gasteiger partial charge >= 0.3 is 0 Å². The van der Waals surface area contributed by atoms with Gasteiger partial charge in [0.1, 0.15) is 6.33 Å². The number of methoxy groups -OCH3 is 2. The summed E-state index contributed by atoms with van der Waals surface area (Å²) in [6.45, 7) is 0. The highest BCUT2D eigenvalue weighted by Gasteiger charge is 2.33. The molecule has 1 aromatic heterocycles. The van der Waals surface area contributed by atoms with Crippen LogP contribution in [0, 0.1) is 10.1 Å². The summed E-state index contributed by atoms with van der Waals surface area (Å²) in [5, 5.41) is 18.0. The second kappa shape index (κ2) is 5.55. The zero-order valence-electron chi connectivity index (χ0n) is 12.3. The van der Waals surface area contributed by atoms with Crippen LogP contribution in [-0.2, 0) is 4.79 Å². The number of ether oxygens (including phenoxy) is 2. The fraction of sp³-hybridized carbons (Fsp3) is 0.308. The third-order valence-electron chi connectivity index (χ3n) is 3.59. The first kappa shape index (κ1) is 14.8. The summed E-state index contributed by atoms with van der Waals surface area (Å²) in [6.07, 6.45) is 1.28. The molecule has 1 N–H and O–H groups in total. The van der Waals surface area contributed by atoms with E-state index in [1.54, 1.807) is 0 Å². The Kier molecular flexibility index (Phi) is 3.56. The predicted molar refractivity (Wildman–Crippen MR) is 77.6 cm³/mol. The van der Waals surface area contributed by atoms with E-state index in [9.17, 15) is 14.9 Å². The fourth-order valence-corrected chi connectivity index (χ4v) is 2.56. The first-order valence-corrected chi connectivity index (χ1v) is 6.64. The smallest absolute Gasteiger partial charge is 0.278 e. The molecule has 1 atom stereocenters. The van der Waals surface area contributed by atoms with Crippen molar-refractivity contribution >= 4 is 17.5 Å². The van der Waals surface area contributed by atoms with E-state index in [0.29, 0.717) is 11.3 Å². The van der Waals surface area contributed by atoms with Crippen LogP contribution >= 0.6 is 0 Å². The van der Waals surface area contributed by atoms with Gasteiger partial charge in [-0.15, -0.1) is 0 Å². The maximum atomic E-state index is 11.8. The van der Waals surface area contributed by atoms with E-state index in [1.807, 2.05) is 0 Å². The zero-order chi connectivity index (χ0) is 16.6. The highest BCUT2D eigenvalue weighted by atomic mass is 16.6. The average molecular weight is 319 g/mol. The Balaban J connectivity index is 2.20. The summed E-state index contributed by atoms with van der Waals surface area (Å²) in [6, 6.07) is 2.12. The number of nitro groups is 1. The Bertz CT molecular complexity index is 787. The number of anilines is 1. The van der Waals surface area contributed by atoms with Gasteiger partial charge in [0.05, 0.1) is 43.2 Å². The number of nitrogens with zero attached hydrogens (tertiary/aromatic N) is 4. The van der Waals surface area contributed by atoms with E-state index in [2.05, 4.69) is 15.4 Å². The number of fused-ring (bicyclic) bond motifs is 1. The third-order valence-corrected chi connectivity index (χ3v) is 3.59. The molecule has 10 nitrogen and oxygen atoms in total. The molecule has 0 spiro atoms. The van der Waals surface area contributed by atoms with Gasteiger partial charge in [-0.05, 0) is 6.07 Å². The Hall–Kier alpha value is -3.17. The number of nitro benzene ring substituents is 1. The molecule has 1 amide bonds. The highest BCUT2D eigenvalue weighted by Crippen LogP contribution is 2.40. The average Bonchev–Trinajstić information content (AvgIpc) is 3.00. The van der Waals surface area contributed by atoms with Crippen LogP contribution in [0.2, 0.25) is 0 Å². The second-order valence-electron chi connectivity index (χ2n) is 4.82. The van der Waals surface area contributed by atoms with E-state index in [0.717, 1.165) is 0 Å². The van der Waals surface area contributed by atoms with E-state index in [1.165, 1.54) is 37.4 Å². The number of benzene rings is 1. The minimum atomic E-state index is -0.651. The molecular weight excluding hydrogens is 306 g/mol. The molecule has 2 heterocycles. The molecule has 0 saturated heterocycles. The lowest BCUT2D eigenvalue weighted by Crippen LogP contribution is -2.29. The van der Waals surface area contributed by atoms with Gasteiger partial charge in [-0.25, -0.2) is 4.68 Å². The van der Waals surface area contributed by atoms with Crippen LogP contribution < -0.4 is 14.8 Å². The van der Waals surface area contributed by atoms with E-state index < -0.39 is 11.0 Å². The van der Waals surface area contributed by atoms with Crippen molar-refractivity contribution in [2.45, 2.75) is 12.5 Å². The van der Waals surface area contributed by atoms with Crippen LogP contribution in [0.1, 0.15) is 18.0 Å². The summed E-state index contributed by atoms with van der Waals surface area (Å²) in [5.74, 6) is 0.526. The van der Waals surface area contributed by atoms with Gasteiger partial charge in [0.15, 0.2) is 11.5 Å². The van der Waals surface area contributed by atoms with Crippen LogP contribution in [-0.4, -0.2) is 39.8 Å². The standard InChI is InChI=1S/C13H13N5O5/c1-22-10-3-7(9(18(20)21)4-11(10)23-2)8-5-12(19)16-13-14-6-15-17(8)13/h3-4,6,8H,5H2,1-2H3,(H,14,15,16,19)/t8-/m1/s1. The quantitative estimate of drug-likeness (QED) is 0.662. The SMILES string of the molecule is COc1cc([C@H]2CC(=O)Nc3ncnn32)c([N+](=O)[O-])cc1OC. The molecule has 1 aliphatic rings. The predicted octanol–water partition coefficient (Wildman–Crippen LogP) is 1.14.